The van der Waals surface area contributed by atoms with Crippen LogP contribution in [0.3, 0.4) is 0 Å². The van der Waals surface area contributed by atoms with E-state index < -0.39 is 5.82 Å². The first-order valence-corrected chi connectivity index (χ1v) is 5.09. The highest BCUT2D eigenvalue weighted by Gasteiger charge is 2.11. The Hall–Kier alpha value is -1.30. The molecule has 0 aliphatic rings. The number of rotatable bonds is 1. The van der Waals surface area contributed by atoms with Crippen LogP contribution in [0.4, 0.5) is 4.39 Å². The number of aromatic nitrogens is 4. The third-order valence-corrected chi connectivity index (χ3v) is 2.30. The summed E-state index contributed by atoms with van der Waals surface area (Å²) >= 11 is 3.14. The van der Waals surface area contributed by atoms with Gasteiger partial charge in [-0.2, -0.15) is 4.68 Å². The lowest BCUT2D eigenvalue weighted by atomic mass is 10.4. The molecule has 0 saturated heterocycles. The van der Waals surface area contributed by atoms with E-state index in [0.717, 1.165) is 0 Å². The highest BCUT2D eigenvalue weighted by atomic mass is 79.9. The SMILES string of the molecule is Cc1nc(C)n(-c2ncc(Br)cc2F)n1. The minimum atomic E-state index is -0.433. The molecule has 0 amide bonds. The molecular weight excluding hydrogens is 263 g/mol. The highest BCUT2D eigenvalue weighted by Crippen LogP contribution is 2.16. The second kappa shape index (κ2) is 3.69. The fourth-order valence-electron chi connectivity index (χ4n) is 1.28. The van der Waals surface area contributed by atoms with Gasteiger partial charge in [0.1, 0.15) is 11.6 Å². The molecule has 0 aromatic carbocycles. The molecule has 0 saturated carbocycles. The Bertz CT molecular complexity index is 509. The lowest BCUT2D eigenvalue weighted by molar-refractivity contribution is 0.595. The van der Waals surface area contributed by atoms with Gasteiger partial charge in [0.25, 0.3) is 0 Å². The predicted molar refractivity (Wildman–Crippen MR) is 56.3 cm³/mol. The van der Waals surface area contributed by atoms with Crippen LogP contribution in [0.15, 0.2) is 16.7 Å². The Morgan fingerprint density at radius 2 is 2.13 bits per heavy atom. The third-order valence-electron chi connectivity index (χ3n) is 1.86. The minimum Gasteiger partial charge on any atom is -0.233 e. The number of aryl methyl sites for hydroxylation is 2. The van der Waals surface area contributed by atoms with Gasteiger partial charge in [0.15, 0.2) is 11.6 Å². The number of nitrogens with zero attached hydrogens (tertiary/aromatic N) is 4. The fraction of sp³-hybridized carbons (Fsp3) is 0.222. The van der Waals surface area contributed by atoms with E-state index in [2.05, 4.69) is 31.0 Å². The van der Waals surface area contributed by atoms with Crippen LogP contribution in [0.1, 0.15) is 11.6 Å². The summed E-state index contributed by atoms with van der Waals surface area (Å²) in [5, 5.41) is 4.06. The first kappa shape index (κ1) is 10.2. The molecule has 2 aromatic rings. The molecule has 2 heterocycles. The molecule has 0 spiro atoms. The van der Waals surface area contributed by atoms with E-state index in [1.54, 1.807) is 13.8 Å². The number of pyridine rings is 1. The molecule has 2 rings (SSSR count). The van der Waals surface area contributed by atoms with Crippen molar-refractivity contribution in [3.8, 4) is 5.82 Å². The van der Waals surface area contributed by atoms with Gasteiger partial charge in [-0.05, 0) is 35.8 Å². The lowest BCUT2D eigenvalue weighted by Gasteiger charge is -2.02. The zero-order chi connectivity index (χ0) is 11.0. The van der Waals surface area contributed by atoms with Crippen LogP contribution in [0.2, 0.25) is 0 Å². The monoisotopic (exact) mass is 270 g/mol. The summed E-state index contributed by atoms with van der Waals surface area (Å²) in [4.78, 5) is 8.05. The molecule has 4 nitrogen and oxygen atoms in total. The van der Waals surface area contributed by atoms with Crippen molar-refractivity contribution in [1.82, 2.24) is 19.7 Å². The van der Waals surface area contributed by atoms with Crippen LogP contribution in [-0.2, 0) is 0 Å². The van der Waals surface area contributed by atoms with Gasteiger partial charge in [-0.1, -0.05) is 0 Å². The van der Waals surface area contributed by atoms with Crippen LogP contribution in [0.5, 0.6) is 0 Å². The van der Waals surface area contributed by atoms with E-state index in [-0.39, 0.29) is 5.82 Å². The molecule has 0 unspecified atom stereocenters. The summed E-state index contributed by atoms with van der Waals surface area (Å²) in [7, 11) is 0. The average molecular weight is 271 g/mol. The zero-order valence-electron chi connectivity index (χ0n) is 8.20. The molecule has 0 aliphatic carbocycles. The van der Waals surface area contributed by atoms with Crippen LogP contribution in [0, 0.1) is 19.7 Å². The molecule has 15 heavy (non-hydrogen) atoms. The van der Waals surface area contributed by atoms with E-state index in [1.807, 2.05) is 0 Å². The van der Waals surface area contributed by atoms with E-state index >= 15 is 0 Å². The number of halogens is 2. The Morgan fingerprint density at radius 1 is 1.40 bits per heavy atom. The van der Waals surface area contributed by atoms with E-state index in [0.29, 0.717) is 16.1 Å². The molecule has 0 atom stereocenters. The van der Waals surface area contributed by atoms with Crippen molar-refractivity contribution in [3.05, 3.63) is 34.2 Å². The molecule has 0 bridgehead atoms. The van der Waals surface area contributed by atoms with Crippen molar-refractivity contribution < 1.29 is 4.39 Å². The van der Waals surface area contributed by atoms with Crippen LogP contribution < -0.4 is 0 Å². The molecule has 0 fully saturated rings. The predicted octanol–water partition coefficient (Wildman–Crippen LogP) is 2.18. The fourth-order valence-corrected chi connectivity index (χ4v) is 1.59. The van der Waals surface area contributed by atoms with Gasteiger partial charge in [-0.15, -0.1) is 5.10 Å². The van der Waals surface area contributed by atoms with Crippen molar-refractivity contribution >= 4 is 15.9 Å². The maximum Gasteiger partial charge on any atom is 0.191 e. The van der Waals surface area contributed by atoms with Crippen molar-refractivity contribution in [1.29, 1.82) is 0 Å². The van der Waals surface area contributed by atoms with Gasteiger partial charge < -0.3 is 0 Å². The van der Waals surface area contributed by atoms with E-state index in [1.165, 1.54) is 16.9 Å². The minimum absolute atomic E-state index is 0.163. The maximum absolute atomic E-state index is 13.5. The van der Waals surface area contributed by atoms with Crippen LogP contribution >= 0.6 is 15.9 Å². The Balaban J connectivity index is 2.59. The Morgan fingerprint density at radius 3 is 2.67 bits per heavy atom. The maximum atomic E-state index is 13.5. The molecule has 0 aliphatic heterocycles. The van der Waals surface area contributed by atoms with Gasteiger partial charge in [0.05, 0.1) is 0 Å². The smallest absolute Gasteiger partial charge is 0.191 e. The summed E-state index contributed by atoms with van der Waals surface area (Å²) in [6.07, 6.45) is 1.52. The lowest BCUT2D eigenvalue weighted by Crippen LogP contribution is -2.05. The summed E-state index contributed by atoms with van der Waals surface area (Å²) in [6, 6.07) is 1.35. The molecule has 6 heteroatoms. The topological polar surface area (TPSA) is 43.6 Å². The van der Waals surface area contributed by atoms with Gasteiger partial charge in [-0.3, -0.25) is 0 Å². The number of hydrogen-bond donors (Lipinski definition) is 0. The van der Waals surface area contributed by atoms with Crippen molar-refractivity contribution in [2.24, 2.45) is 0 Å². The highest BCUT2D eigenvalue weighted by molar-refractivity contribution is 9.10. The molecule has 78 valence electrons. The first-order valence-electron chi connectivity index (χ1n) is 4.29. The van der Waals surface area contributed by atoms with Crippen molar-refractivity contribution in [3.63, 3.8) is 0 Å². The summed E-state index contributed by atoms with van der Waals surface area (Å²) in [5.41, 5.74) is 0. The number of hydrogen-bond acceptors (Lipinski definition) is 3. The summed E-state index contributed by atoms with van der Waals surface area (Å²) in [5.74, 6) is 0.937. The molecule has 2 aromatic heterocycles. The van der Waals surface area contributed by atoms with Crippen molar-refractivity contribution in [2.45, 2.75) is 13.8 Å². The molecule has 0 radical (unpaired) electrons. The van der Waals surface area contributed by atoms with Crippen LogP contribution in [0.25, 0.3) is 5.82 Å². The van der Waals surface area contributed by atoms with Crippen LogP contribution in [-0.4, -0.2) is 19.7 Å². The van der Waals surface area contributed by atoms with Crippen molar-refractivity contribution in [2.75, 3.05) is 0 Å². The first-order chi connectivity index (χ1) is 7.08. The largest absolute Gasteiger partial charge is 0.233 e. The van der Waals surface area contributed by atoms with E-state index in [4.69, 9.17) is 0 Å². The normalized spacial score (nSPS) is 10.7. The van der Waals surface area contributed by atoms with Gasteiger partial charge in [0, 0.05) is 10.7 Å². The van der Waals surface area contributed by atoms with Gasteiger partial charge in [0.2, 0.25) is 0 Å². The summed E-state index contributed by atoms with van der Waals surface area (Å²) in [6.45, 7) is 3.50. The second-order valence-corrected chi connectivity index (χ2v) is 3.99. The summed E-state index contributed by atoms with van der Waals surface area (Å²) < 4.78 is 15.5. The Kier molecular flexibility index (Phi) is 2.52. The van der Waals surface area contributed by atoms with Gasteiger partial charge in [-0.25, -0.2) is 14.4 Å². The zero-order valence-corrected chi connectivity index (χ0v) is 9.79. The molecule has 0 N–H and O–H groups in total. The Labute approximate surface area is 94.3 Å². The second-order valence-electron chi connectivity index (χ2n) is 3.08. The average Bonchev–Trinajstić information content (AvgIpc) is 2.45. The standard InChI is InChI=1S/C9H8BrFN4/c1-5-13-6(2)15(14-5)9-8(11)3-7(10)4-12-9/h3-4H,1-2H3. The quantitative estimate of drug-likeness (QED) is 0.798. The van der Waals surface area contributed by atoms with E-state index in [9.17, 15) is 4.39 Å². The van der Waals surface area contributed by atoms with Gasteiger partial charge >= 0.3 is 0 Å². The third kappa shape index (κ3) is 1.90. The molecular formula is C9H8BrFN4.